The molecular formula is C10H22N4O. The first kappa shape index (κ1) is 12.4. The molecule has 1 amide bonds. The minimum atomic E-state index is -0.0582. The molecule has 1 fully saturated rings. The summed E-state index contributed by atoms with van der Waals surface area (Å²) in [4.78, 5) is 13.3. The van der Waals surface area contributed by atoms with Crippen LogP contribution < -0.4 is 16.6 Å². The molecule has 0 unspecified atom stereocenters. The van der Waals surface area contributed by atoms with Gasteiger partial charge in [0.05, 0.1) is 0 Å². The lowest BCUT2D eigenvalue weighted by Gasteiger charge is -2.26. The third kappa shape index (κ3) is 5.71. The van der Waals surface area contributed by atoms with Crippen LogP contribution in [-0.2, 0) is 4.79 Å². The Morgan fingerprint density at radius 2 is 2.00 bits per heavy atom. The molecular weight excluding hydrogens is 192 g/mol. The van der Waals surface area contributed by atoms with Gasteiger partial charge in [-0.25, -0.2) is 5.84 Å². The zero-order valence-electron chi connectivity index (χ0n) is 9.30. The standard InChI is InChI=1S/C10H22N4O/c11-13-10(15)4-2-1-3-7-14-8-5-12-6-9-14/h12H,1-9,11H2,(H,13,15). The number of unbranched alkanes of at least 4 members (excludes halogenated alkanes) is 2. The van der Waals surface area contributed by atoms with Gasteiger partial charge in [0.2, 0.25) is 5.91 Å². The van der Waals surface area contributed by atoms with E-state index in [-0.39, 0.29) is 5.91 Å². The highest BCUT2D eigenvalue weighted by atomic mass is 16.2. The number of hydrazine groups is 1. The molecule has 1 aliphatic heterocycles. The van der Waals surface area contributed by atoms with Crippen molar-refractivity contribution in [3.8, 4) is 0 Å². The lowest BCUT2D eigenvalue weighted by atomic mass is 10.2. The first-order valence-corrected chi connectivity index (χ1v) is 5.75. The van der Waals surface area contributed by atoms with E-state index in [0.717, 1.165) is 45.6 Å². The quantitative estimate of drug-likeness (QED) is 0.240. The van der Waals surface area contributed by atoms with Crippen LogP contribution in [0.4, 0.5) is 0 Å². The summed E-state index contributed by atoms with van der Waals surface area (Å²) in [6, 6.07) is 0. The third-order valence-corrected chi connectivity index (χ3v) is 2.75. The predicted octanol–water partition coefficient (Wildman–Crippen LogP) is -0.558. The predicted molar refractivity (Wildman–Crippen MR) is 60.1 cm³/mol. The number of piperazine rings is 1. The van der Waals surface area contributed by atoms with Crippen molar-refractivity contribution in [2.45, 2.75) is 25.7 Å². The van der Waals surface area contributed by atoms with Gasteiger partial charge in [0, 0.05) is 32.6 Å². The second kappa shape index (κ2) is 7.62. The van der Waals surface area contributed by atoms with Gasteiger partial charge >= 0.3 is 0 Å². The molecule has 1 saturated heterocycles. The van der Waals surface area contributed by atoms with Crippen LogP contribution in [0.1, 0.15) is 25.7 Å². The molecule has 0 spiro atoms. The third-order valence-electron chi connectivity index (χ3n) is 2.75. The van der Waals surface area contributed by atoms with Crippen LogP contribution >= 0.6 is 0 Å². The van der Waals surface area contributed by atoms with Crippen molar-refractivity contribution in [1.29, 1.82) is 0 Å². The van der Waals surface area contributed by atoms with Crippen molar-refractivity contribution < 1.29 is 4.79 Å². The minimum absolute atomic E-state index is 0.0582. The molecule has 1 heterocycles. The molecule has 0 atom stereocenters. The van der Waals surface area contributed by atoms with Gasteiger partial charge in [0.25, 0.3) is 0 Å². The van der Waals surface area contributed by atoms with Gasteiger partial charge < -0.3 is 10.2 Å². The minimum Gasteiger partial charge on any atom is -0.314 e. The molecule has 0 aromatic rings. The molecule has 4 N–H and O–H groups in total. The zero-order valence-corrected chi connectivity index (χ0v) is 9.30. The van der Waals surface area contributed by atoms with E-state index in [2.05, 4.69) is 15.6 Å². The van der Waals surface area contributed by atoms with E-state index in [9.17, 15) is 4.79 Å². The summed E-state index contributed by atoms with van der Waals surface area (Å²) < 4.78 is 0. The van der Waals surface area contributed by atoms with Crippen molar-refractivity contribution >= 4 is 5.91 Å². The fourth-order valence-corrected chi connectivity index (χ4v) is 1.80. The number of hydrogen-bond acceptors (Lipinski definition) is 4. The summed E-state index contributed by atoms with van der Waals surface area (Å²) in [5, 5.41) is 3.33. The Hall–Kier alpha value is -0.650. The Labute approximate surface area is 91.3 Å². The fourth-order valence-electron chi connectivity index (χ4n) is 1.80. The van der Waals surface area contributed by atoms with Gasteiger partial charge in [-0.3, -0.25) is 10.2 Å². The van der Waals surface area contributed by atoms with E-state index in [1.165, 1.54) is 6.42 Å². The lowest BCUT2D eigenvalue weighted by Crippen LogP contribution is -2.43. The number of hydrogen-bond donors (Lipinski definition) is 3. The van der Waals surface area contributed by atoms with Crippen LogP contribution in [-0.4, -0.2) is 43.5 Å². The molecule has 1 aliphatic rings. The molecule has 5 heteroatoms. The molecule has 0 aliphatic carbocycles. The van der Waals surface area contributed by atoms with E-state index in [1.807, 2.05) is 0 Å². The average Bonchev–Trinajstić information content (AvgIpc) is 2.29. The highest BCUT2D eigenvalue weighted by Crippen LogP contribution is 2.02. The number of carbonyl (C=O) groups excluding carboxylic acids is 1. The Morgan fingerprint density at radius 1 is 1.27 bits per heavy atom. The second-order valence-corrected chi connectivity index (χ2v) is 3.97. The molecule has 15 heavy (non-hydrogen) atoms. The number of nitrogens with two attached hydrogens (primary N) is 1. The smallest absolute Gasteiger partial charge is 0.233 e. The van der Waals surface area contributed by atoms with Crippen LogP contribution in [0.5, 0.6) is 0 Å². The molecule has 1 rings (SSSR count). The fraction of sp³-hybridized carbons (Fsp3) is 0.900. The number of rotatable bonds is 6. The molecule has 0 bridgehead atoms. The Bertz CT molecular complexity index is 180. The number of amides is 1. The van der Waals surface area contributed by atoms with Crippen molar-refractivity contribution in [2.75, 3.05) is 32.7 Å². The molecule has 0 aromatic carbocycles. The van der Waals surface area contributed by atoms with E-state index in [0.29, 0.717) is 6.42 Å². The molecule has 0 radical (unpaired) electrons. The summed E-state index contributed by atoms with van der Waals surface area (Å²) in [5.74, 6) is 4.93. The summed E-state index contributed by atoms with van der Waals surface area (Å²) in [6.07, 6.45) is 3.78. The van der Waals surface area contributed by atoms with E-state index in [1.54, 1.807) is 0 Å². The van der Waals surface area contributed by atoms with Crippen LogP contribution in [0.15, 0.2) is 0 Å². The first-order chi connectivity index (χ1) is 7.33. The maximum atomic E-state index is 10.8. The topological polar surface area (TPSA) is 70.4 Å². The van der Waals surface area contributed by atoms with Gasteiger partial charge in [-0.1, -0.05) is 6.42 Å². The van der Waals surface area contributed by atoms with Crippen LogP contribution in [0.2, 0.25) is 0 Å². The average molecular weight is 214 g/mol. The van der Waals surface area contributed by atoms with E-state index in [4.69, 9.17) is 5.84 Å². The molecule has 88 valence electrons. The van der Waals surface area contributed by atoms with Crippen molar-refractivity contribution in [2.24, 2.45) is 5.84 Å². The molecule has 0 saturated carbocycles. The van der Waals surface area contributed by atoms with Gasteiger partial charge in [0.15, 0.2) is 0 Å². The maximum Gasteiger partial charge on any atom is 0.233 e. The van der Waals surface area contributed by atoms with Crippen molar-refractivity contribution in [3.63, 3.8) is 0 Å². The van der Waals surface area contributed by atoms with Gasteiger partial charge in [0.1, 0.15) is 0 Å². The Kier molecular flexibility index (Phi) is 6.31. The number of carbonyl (C=O) groups is 1. The summed E-state index contributed by atoms with van der Waals surface area (Å²) in [7, 11) is 0. The Morgan fingerprint density at radius 3 is 2.67 bits per heavy atom. The normalized spacial score (nSPS) is 17.7. The molecule has 0 aromatic heterocycles. The largest absolute Gasteiger partial charge is 0.314 e. The molecule has 5 nitrogen and oxygen atoms in total. The van der Waals surface area contributed by atoms with Gasteiger partial charge in [-0.2, -0.15) is 0 Å². The SMILES string of the molecule is NNC(=O)CCCCCN1CCNCC1. The van der Waals surface area contributed by atoms with E-state index >= 15 is 0 Å². The number of nitrogens with one attached hydrogen (secondary N) is 2. The Balaban J connectivity index is 1.89. The number of nitrogens with zero attached hydrogens (tertiary/aromatic N) is 1. The maximum absolute atomic E-state index is 10.8. The van der Waals surface area contributed by atoms with Gasteiger partial charge in [-0.05, 0) is 19.4 Å². The first-order valence-electron chi connectivity index (χ1n) is 5.75. The van der Waals surface area contributed by atoms with Crippen LogP contribution in [0.25, 0.3) is 0 Å². The van der Waals surface area contributed by atoms with Crippen molar-refractivity contribution in [1.82, 2.24) is 15.6 Å². The zero-order chi connectivity index (χ0) is 10.9. The lowest BCUT2D eigenvalue weighted by molar-refractivity contribution is -0.121. The second-order valence-electron chi connectivity index (χ2n) is 3.97. The van der Waals surface area contributed by atoms with Gasteiger partial charge in [-0.15, -0.1) is 0 Å². The van der Waals surface area contributed by atoms with Crippen molar-refractivity contribution in [3.05, 3.63) is 0 Å². The monoisotopic (exact) mass is 214 g/mol. The summed E-state index contributed by atoms with van der Waals surface area (Å²) >= 11 is 0. The van der Waals surface area contributed by atoms with E-state index < -0.39 is 0 Å². The summed E-state index contributed by atoms with van der Waals surface area (Å²) in [6.45, 7) is 5.68. The summed E-state index contributed by atoms with van der Waals surface area (Å²) in [5.41, 5.74) is 2.15. The van der Waals surface area contributed by atoms with Crippen LogP contribution in [0.3, 0.4) is 0 Å². The highest BCUT2D eigenvalue weighted by molar-refractivity contribution is 5.74. The highest BCUT2D eigenvalue weighted by Gasteiger charge is 2.08. The van der Waals surface area contributed by atoms with Crippen LogP contribution in [0, 0.1) is 0 Å².